The van der Waals surface area contributed by atoms with Gasteiger partial charge >= 0.3 is 0 Å². The predicted molar refractivity (Wildman–Crippen MR) is 92.2 cm³/mol. The summed E-state index contributed by atoms with van der Waals surface area (Å²) in [6.07, 6.45) is -4.85. The van der Waals surface area contributed by atoms with E-state index in [2.05, 4.69) is 23.1 Å². The van der Waals surface area contributed by atoms with Gasteiger partial charge in [0.15, 0.2) is 6.21 Å². The molecule has 2 aliphatic heterocycles. The number of nitrogens with zero attached hydrogens (tertiary/aromatic N) is 3. The van der Waals surface area contributed by atoms with Crippen molar-refractivity contribution >= 4 is 41.3 Å². The van der Waals surface area contributed by atoms with Gasteiger partial charge in [0.2, 0.25) is 11.6 Å². The smallest absolute Gasteiger partial charge is 0.278 e. The van der Waals surface area contributed by atoms with E-state index in [1.165, 1.54) is 17.8 Å². The molecule has 18 nitrogen and oxygen atoms in total. The van der Waals surface area contributed by atoms with Crippen LogP contribution in [0.15, 0.2) is 0 Å². The Morgan fingerprint density at radius 1 is 1.12 bits per heavy atom. The lowest BCUT2D eigenvalue weighted by Gasteiger charge is -2.37. The second-order valence-electron chi connectivity index (χ2n) is 6.83. The number of nitrogen functional groups attached to an aromatic ring is 1. The predicted octanol–water partition coefficient (Wildman–Crippen LogP) is -5.12. The molecule has 2 aliphatic rings. The van der Waals surface area contributed by atoms with Gasteiger partial charge in [-0.25, -0.2) is 18.9 Å². The topological polar surface area (TPSA) is 299 Å². The van der Waals surface area contributed by atoms with E-state index >= 15 is 0 Å². The number of phosphoric ester groups is 1. The Labute approximate surface area is 184 Å². The van der Waals surface area contributed by atoms with Crippen LogP contribution in [0.2, 0.25) is 0 Å². The fourth-order valence-electron chi connectivity index (χ4n) is 3.32. The standard InChI is InChI=1S/C12H19N4O14P3/c1-16-2-4(6-7(16)11(19)15-12(13)14-6)10-9(18)8(17)5(28-10)3-27-32(23,24)30-33(25,26)29-31(20,21)22/h2,4-5,8-10,17-18H,3H2,1H3,(H6-,13,14,15,19,20,21,22,23,24,25,26)/p-4/t4?,5-,8+,9?,10+/m1/s1. The minimum atomic E-state index is -6.16. The molecule has 4 unspecified atom stereocenters. The number of hydrogen-bond acceptors (Lipinski definition) is 17. The highest BCUT2D eigenvalue weighted by Gasteiger charge is 2.51. The summed E-state index contributed by atoms with van der Waals surface area (Å²) in [4.78, 5) is 51.0. The molecule has 0 aromatic carbocycles. The van der Waals surface area contributed by atoms with Crippen LogP contribution in [0.25, 0.3) is 0 Å². The maximum atomic E-state index is 12.1. The molecule has 3 heterocycles. The third kappa shape index (κ3) is 6.01. The molecule has 186 valence electrons. The maximum absolute atomic E-state index is 12.1. The number of aliphatic hydroxyl groups excluding tert-OH is 2. The van der Waals surface area contributed by atoms with Crippen LogP contribution in [0.1, 0.15) is 11.6 Å². The van der Waals surface area contributed by atoms with Gasteiger partial charge < -0.3 is 54.5 Å². The van der Waals surface area contributed by atoms with E-state index in [1.807, 2.05) is 0 Å². The van der Waals surface area contributed by atoms with Crippen molar-refractivity contribution < 1.29 is 71.0 Å². The fourth-order valence-corrected chi connectivity index (χ4v) is 6.18. The molecule has 33 heavy (non-hydrogen) atoms. The second-order valence-corrected chi connectivity index (χ2v) is 11.1. The van der Waals surface area contributed by atoms with Crippen LogP contribution in [-0.4, -0.2) is 69.0 Å². The lowest BCUT2D eigenvalue weighted by molar-refractivity contribution is -0.410. The molecule has 1 aromatic rings. The van der Waals surface area contributed by atoms with Crippen molar-refractivity contribution in [3.05, 3.63) is 5.69 Å². The van der Waals surface area contributed by atoms with Gasteiger partial charge in [-0.05, 0) is 0 Å². The van der Waals surface area contributed by atoms with Crippen LogP contribution in [0, 0.1) is 0 Å². The van der Waals surface area contributed by atoms with Gasteiger partial charge in [0.25, 0.3) is 15.6 Å². The zero-order valence-corrected chi connectivity index (χ0v) is 18.9. The van der Waals surface area contributed by atoms with Gasteiger partial charge in [0, 0.05) is 0 Å². The maximum Gasteiger partial charge on any atom is 0.278 e. The zero-order chi connectivity index (χ0) is 24.9. The largest absolute Gasteiger partial charge is 0.854 e. The highest BCUT2D eigenvalue weighted by atomic mass is 31.3. The number of fused-ring (bicyclic) bond motifs is 1. The van der Waals surface area contributed by atoms with E-state index in [1.54, 1.807) is 0 Å². The molecule has 21 heteroatoms. The number of rotatable bonds is 8. The molecule has 1 fully saturated rings. The highest BCUT2D eigenvalue weighted by molar-refractivity contribution is 7.64. The van der Waals surface area contributed by atoms with Crippen LogP contribution in [0.5, 0.6) is 5.88 Å². The molecule has 1 aromatic heterocycles. The fraction of sp³-hybridized carbons (Fsp3) is 0.583. The Morgan fingerprint density at radius 3 is 2.36 bits per heavy atom. The molecular formula is C12H15N4O14P3-4. The van der Waals surface area contributed by atoms with Crippen molar-refractivity contribution in [3.63, 3.8) is 0 Å². The van der Waals surface area contributed by atoms with E-state index in [4.69, 9.17) is 10.5 Å². The Kier molecular flexibility index (Phi) is 7.17. The first-order valence-corrected chi connectivity index (χ1v) is 13.0. The monoisotopic (exact) mass is 532 g/mol. The minimum Gasteiger partial charge on any atom is -0.854 e. The molecule has 7 atom stereocenters. The van der Waals surface area contributed by atoms with Crippen molar-refractivity contribution in [2.24, 2.45) is 0 Å². The molecule has 3 rings (SSSR count). The average Bonchev–Trinajstić information content (AvgIpc) is 3.07. The summed E-state index contributed by atoms with van der Waals surface area (Å²) >= 11 is 0. The van der Waals surface area contributed by atoms with Crippen molar-refractivity contribution in [2.75, 3.05) is 19.4 Å². The molecule has 0 spiro atoms. The van der Waals surface area contributed by atoms with E-state index < -0.39 is 66.3 Å². The summed E-state index contributed by atoms with van der Waals surface area (Å²) in [5.41, 5.74) is 5.61. The molecule has 4 N–H and O–H groups in total. The summed E-state index contributed by atoms with van der Waals surface area (Å²) < 4.78 is 50.7. The Balaban J connectivity index is 1.71. The van der Waals surface area contributed by atoms with Gasteiger partial charge in [0.1, 0.15) is 43.1 Å². The molecular weight excluding hydrogens is 517 g/mol. The number of aromatic nitrogens is 2. The van der Waals surface area contributed by atoms with E-state index in [0.29, 0.717) is 0 Å². The SMILES string of the molecule is C[N+]1=CC([C@@H]2O[C@H](COP(=O)([O-])OP(=O)([O-])OP(=O)([O-])[O-])[C@H](O)C2O)c2nc(N)nc([O-])c21. The summed E-state index contributed by atoms with van der Waals surface area (Å²) in [5.74, 6) is -1.98. The van der Waals surface area contributed by atoms with Crippen LogP contribution < -0.4 is 30.4 Å². The van der Waals surface area contributed by atoms with Gasteiger partial charge in [-0.3, -0.25) is 13.4 Å². The summed E-state index contributed by atoms with van der Waals surface area (Å²) in [6, 6.07) is 0. The van der Waals surface area contributed by atoms with Gasteiger partial charge in [-0.1, -0.05) is 0 Å². The molecule has 0 amide bonds. The molecule has 0 aliphatic carbocycles. The third-order valence-electron chi connectivity index (χ3n) is 4.50. The van der Waals surface area contributed by atoms with Crippen molar-refractivity contribution in [1.29, 1.82) is 0 Å². The van der Waals surface area contributed by atoms with E-state index in [-0.39, 0.29) is 17.3 Å². The van der Waals surface area contributed by atoms with Crippen LogP contribution >= 0.6 is 23.5 Å². The Hall–Kier alpha value is -1.36. The van der Waals surface area contributed by atoms with E-state index in [9.17, 15) is 48.6 Å². The Bertz CT molecular complexity index is 1110. The Morgan fingerprint density at radius 2 is 1.76 bits per heavy atom. The second kappa shape index (κ2) is 9.02. The molecule has 0 saturated carbocycles. The first kappa shape index (κ1) is 26.2. The first-order valence-electron chi connectivity index (χ1n) is 8.65. The molecule has 0 radical (unpaired) electrons. The van der Waals surface area contributed by atoms with Gasteiger partial charge in [0.05, 0.1) is 20.3 Å². The van der Waals surface area contributed by atoms with Crippen molar-refractivity contribution in [2.45, 2.75) is 30.3 Å². The van der Waals surface area contributed by atoms with Crippen molar-refractivity contribution in [1.82, 2.24) is 9.97 Å². The summed E-state index contributed by atoms with van der Waals surface area (Å²) in [7, 11) is -16.7. The van der Waals surface area contributed by atoms with Crippen LogP contribution in [0.3, 0.4) is 0 Å². The quantitative estimate of drug-likeness (QED) is 0.208. The summed E-state index contributed by atoms with van der Waals surface area (Å²) in [5, 5.41) is 32.6. The zero-order valence-electron chi connectivity index (χ0n) is 16.2. The third-order valence-corrected chi connectivity index (χ3v) is 8.16. The van der Waals surface area contributed by atoms with E-state index in [0.717, 1.165) is 0 Å². The normalized spacial score (nSPS) is 31.0. The number of ether oxygens (including phenoxy) is 1. The minimum absolute atomic E-state index is 0.0388. The molecule has 0 bridgehead atoms. The lowest BCUT2D eigenvalue weighted by Crippen LogP contribution is -2.36. The number of anilines is 1. The lowest BCUT2D eigenvalue weighted by atomic mass is 9.95. The number of hydrogen-bond donors (Lipinski definition) is 3. The summed E-state index contributed by atoms with van der Waals surface area (Å²) in [6.45, 7) is -1.10. The van der Waals surface area contributed by atoms with Crippen molar-refractivity contribution in [3.8, 4) is 5.88 Å². The molecule has 1 saturated heterocycles. The number of nitrogens with two attached hydrogens (primary N) is 1. The first-order chi connectivity index (χ1) is 15.0. The van der Waals surface area contributed by atoms with Gasteiger partial charge in [-0.15, -0.1) is 0 Å². The number of aliphatic hydroxyl groups is 2. The van der Waals surface area contributed by atoms with Crippen LogP contribution in [-0.2, 0) is 31.6 Å². The number of phosphoric acid groups is 3. The average molecular weight is 532 g/mol. The van der Waals surface area contributed by atoms with Crippen LogP contribution in [0.4, 0.5) is 11.6 Å². The highest BCUT2D eigenvalue weighted by Crippen LogP contribution is 2.60. The van der Waals surface area contributed by atoms with Gasteiger partial charge in [-0.2, -0.15) is 0 Å².